The molecule has 1 unspecified atom stereocenters. The lowest BCUT2D eigenvalue weighted by Crippen LogP contribution is -2.35. The van der Waals surface area contributed by atoms with Crippen LogP contribution in [0, 0.1) is 0 Å². The van der Waals surface area contributed by atoms with Crippen molar-refractivity contribution in [2.24, 2.45) is 5.84 Å². The molecule has 2 rings (SSSR count). The van der Waals surface area contributed by atoms with Crippen molar-refractivity contribution in [2.45, 2.75) is 31.7 Å². The summed E-state index contributed by atoms with van der Waals surface area (Å²) in [4.78, 5) is 4.03. The average molecular weight is 255 g/mol. The third kappa shape index (κ3) is 4.81. The van der Waals surface area contributed by atoms with Crippen LogP contribution in [-0.2, 0) is 12.8 Å². The number of aryl methyl sites for hydroxylation is 2. The molecule has 0 radical (unpaired) electrons. The largest absolute Gasteiger partial charge is 0.271 e. The molecule has 100 valence electrons. The predicted molar refractivity (Wildman–Crippen MR) is 78.4 cm³/mol. The Kier molecular flexibility index (Phi) is 5.53. The van der Waals surface area contributed by atoms with Gasteiger partial charge in [-0.15, -0.1) is 0 Å². The van der Waals surface area contributed by atoms with Gasteiger partial charge in [-0.05, 0) is 48.9 Å². The van der Waals surface area contributed by atoms with E-state index in [1.807, 2.05) is 18.5 Å². The van der Waals surface area contributed by atoms with Crippen molar-refractivity contribution in [1.82, 2.24) is 10.4 Å². The first-order valence-electron chi connectivity index (χ1n) is 6.77. The van der Waals surface area contributed by atoms with Gasteiger partial charge in [0.05, 0.1) is 0 Å². The highest BCUT2D eigenvalue weighted by atomic mass is 15.2. The lowest BCUT2D eigenvalue weighted by Gasteiger charge is -2.15. The molecule has 0 fully saturated rings. The number of benzene rings is 1. The van der Waals surface area contributed by atoms with E-state index in [4.69, 9.17) is 5.84 Å². The van der Waals surface area contributed by atoms with Gasteiger partial charge in [-0.1, -0.05) is 30.3 Å². The normalized spacial score (nSPS) is 12.3. The van der Waals surface area contributed by atoms with Gasteiger partial charge in [0, 0.05) is 18.4 Å². The molecule has 0 spiro atoms. The van der Waals surface area contributed by atoms with Crippen molar-refractivity contribution >= 4 is 0 Å². The van der Waals surface area contributed by atoms with Gasteiger partial charge in [0.1, 0.15) is 0 Å². The monoisotopic (exact) mass is 255 g/mol. The minimum atomic E-state index is 0.355. The highest BCUT2D eigenvalue weighted by Gasteiger charge is 2.07. The lowest BCUT2D eigenvalue weighted by atomic mass is 10.00. The average Bonchev–Trinajstić information content (AvgIpc) is 2.49. The lowest BCUT2D eigenvalue weighted by molar-refractivity contribution is 0.464. The molecule has 0 amide bonds. The van der Waals surface area contributed by atoms with E-state index in [1.165, 1.54) is 11.1 Å². The number of hydrogen-bond donors (Lipinski definition) is 2. The minimum absolute atomic E-state index is 0.355. The molecule has 1 atom stereocenters. The van der Waals surface area contributed by atoms with Crippen LogP contribution in [-0.4, -0.2) is 11.0 Å². The topological polar surface area (TPSA) is 50.9 Å². The number of hydrogen-bond acceptors (Lipinski definition) is 3. The van der Waals surface area contributed by atoms with E-state index in [-0.39, 0.29) is 0 Å². The number of nitrogens with zero attached hydrogens (tertiary/aromatic N) is 1. The zero-order chi connectivity index (χ0) is 13.3. The maximum absolute atomic E-state index is 5.64. The van der Waals surface area contributed by atoms with Gasteiger partial charge in [-0.25, -0.2) is 0 Å². The second-order valence-corrected chi connectivity index (χ2v) is 4.78. The van der Waals surface area contributed by atoms with Gasteiger partial charge in [-0.2, -0.15) is 0 Å². The van der Waals surface area contributed by atoms with E-state index < -0.39 is 0 Å². The number of hydrazine groups is 1. The summed E-state index contributed by atoms with van der Waals surface area (Å²) in [7, 11) is 0. The van der Waals surface area contributed by atoms with Crippen LogP contribution in [0.25, 0.3) is 0 Å². The minimum Gasteiger partial charge on any atom is -0.271 e. The molecule has 2 aromatic rings. The van der Waals surface area contributed by atoms with Gasteiger partial charge in [0.2, 0.25) is 0 Å². The van der Waals surface area contributed by atoms with E-state index in [2.05, 4.69) is 46.8 Å². The molecular formula is C16H21N3. The molecule has 3 heteroatoms. The van der Waals surface area contributed by atoms with Crippen molar-refractivity contribution < 1.29 is 0 Å². The number of rotatable bonds is 7. The first-order chi connectivity index (χ1) is 9.38. The van der Waals surface area contributed by atoms with E-state index in [1.54, 1.807) is 0 Å². The molecule has 3 nitrogen and oxygen atoms in total. The number of aromatic nitrogens is 1. The fourth-order valence-corrected chi connectivity index (χ4v) is 2.19. The molecule has 0 aliphatic carbocycles. The zero-order valence-corrected chi connectivity index (χ0v) is 11.1. The van der Waals surface area contributed by atoms with Gasteiger partial charge in [0.25, 0.3) is 0 Å². The van der Waals surface area contributed by atoms with Crippen LogP contribution >= 0.6 is 0 Å². The van der Waals surface area contributed by atoms with E-state index in [9.17, 15) is 0 Å². The molecule has 1 aromatic carbocycles. The Hall–Kier alpha value is -1.71. The summed E-state index contributed by atoms with van der Waals surface area (Å²) >= 11 is 0. The van der Waals surface area contributed by atoms with Gasteiger partial charge in [-0.3, -0.25) is 16.3 Å². The summed E-state index contributed by atoms with van der Waals surface area (Å²) in [5, 5.41) is 0. The van der Waals surface area contributed by atoms with Crippen molar-refractivity contribution in [3.05, 3.63) is 66.0 Å². The highest BCUT2D eigenvalue weighted by molar-refractivity contribution is 5.15. The van der Waals surface area contributed by atoms with Crippen LogP contribution in [0.4, 0.5) is 0 Å². The highest BCUT2D eigenvalue weighted by Crippen LogP contribution is 2.10. The summed E-state index contributed by atoms with van der Waals surface area (Å²) in [6, 6.07) is 15.0. The maximum Gasteiger partial charge on any atom is 0.0270 e. The van der Waals surface area contributed by atoms with Crippen molar-refractivity contribution in [3.8, 4) is 0 Å². The Balaban J connectivity index is 1.77. The molecular weight excluding hydrogens is 234 g/mol. The second kappa shape index (κ2) is 7.67. The molecule has 1 aromatic heterocycles. The van der Waals surface area contributed by atoms with Crippen molar-refractivity contribution in [2.75, 3.05) is 0 Å². The Labute approximate surface area is 114 Å². The summed E-state index contributed by atoms with van der Waals surface area (Å²) < 4.78 is 0. The van der Waals surface area contributed by atoms with Gasteiger partial charge >= 0.3 is 0 Å². The fourth-order valence-electron chi connectivity index (χ4n) is 2.19. The first kappa shape index (κ1) is 13.7. The molecule has 0 bridgehead atoms. The Bertz CT molecular complexity index is 412. The zero-order valence-electron chi connectivity index (χ0n) is 11.1. The fraction of sp³-hybridized carbons (Fsp3) is 0.312. The van der Waals surface area contributed by atoms with Gasteiger partial charge < -0.3 is 0 Å². The molecule has 1 heterocycles. The van der Waals surface area contributed by atoms with E-state index in [0.29, 0.717) is 6.04 Å². The number of nitrogens with two attached hydrogens (primary N) is 1. The molecule has 19 heavy (non-hydrogen) atoms. The quantitative estimate of drug-likeness (QED) is 0.590. The second-order valence-electron chi connectivity index (χ2n) is 4.78. The molecule has 0 saturated carbocycles. The van der Waals surface area contributed by atoms with Crippen LogP contribution in [0.15, 0.2) is 54.9 Å². The Morgan fingerprint density at radius 2 is 1.47 bits per heavy atom. The van der Waals surface area contributed by atoms with Crippen LogP contribution in [0.1, 0.15) is 24.0 Å². The summed E-state index contributed by atoms with van der Waals surface area (Å²) in [6.07, 6.45) is 7.88. The van der Waals surface area contributed by atoms with Crippen LogP contribution in [0.5, 0.6) is 0 Å². The Morgan fingerprint density at radius 1 is 0.895 bits per heavy atom. The van der Waals surface area contributed by atoms with Crippen molar-refractivity contribution in [1.29, 1.82) is 0 Å². The Morgan fingerprint density at radius 3 is 2.05 bits per heavy atom. The molecule has 0 aliphatic heterocycles. The summed E-state index contributed by atoms with van der Waals surface area (Å²) in [6.45, 7) is 0. The molecule has 0 aliphatic rings. The first-order valence-corrected chi connectivity index (χ1v) is 6.77. The van der Waals surface area contributed by atoms with Crippen LogP contribution in [0.2, 0.25) is 0 Å². The molecule has 0 saturated heterocycles. The summed E-state index contributed by atoms with van der Waals surface area (Å²) in [5.41, 5.74) is 5.61. The third-order valence-corrected chi connectivity index (χ3v) is 3.39. The van der Waals surface area contributed by atoms with Crippen LogP contribution < -0.4 is 11.3 Å². The van der Waals surface area contributed by atoms with E-state index in [0.717, 1.165) is 25.7 Å². The number of nitrogens with one attached hydrogen (secondary N) is 1. The third-order valence-electron chi connectivity index (χ3n) is 3.39. The van der Waals surface area contributed by atoms with Gasteiger partial charge in [0.15, 0.2) is 0 Å². The number of pyridine rings is 1. The van der Waals surface area contributed by atoms with Crippen molar-refractivity contribution in [3.63, 3.8) is 0 Å². The smallest absolute Gasteiger partial charge is 0.0270 e. The maximum atomic E-state index is 5.64. The summed E-state index contributed by atoms with van der Waals surface area (Å²) in [5.74, 6) is 5.64. The van der Waals surface area contributed by atoms with Crippen LogP contribution in [0.3, 0.4) is 0 Å². The molecule has 3 N–H and O–H groups in total. The SMILES string of the molecule is NNC(CCc1ccccc1)CCc1ccncc1. The standard InChI is InChI=1S/C16H21N3/c17-19-16(8-6-14-4-2-1-3-5-14)9-7-15-10-12-18-13-11-15/h1-5,10-13,16,19H,6-9,17H2. The predicted octanol–water partition coefficient (Wildman–Crippen LogP) is 2.48. The van der Waals surface area contributed by atoms with E-state index >= 15 is 0 Å².